The molecule has 9 rings (SSSR count). The lowest BCUT2D eigenvalue weighted by atomic mass is 9.77. The molecule has 18 heteroatoms. The molecule has 0 aliphatic carbocycles. The van der Waals surface area contributed by atoms with Gasteiger partial charge in [0.05, 0.1) is 6.20 Å². The van der Waals surface area contributed by atoms with Gasteiger partial charge in [-0.05, 0) is 27.8 Å². The summed E-state index contributed by atoms with van der Waals surface area (Å²) in [6.45, 7) is -0.0768. The third kappa shape index (κ3) is 8.95. The lowest BCUT2D eigenvalue weighted by molar-refractivity contribution is -0.154. The summed E-state index contributed by atoms with van der Waals surface area (Å²) in [7, 11) is 0. The first-order valence-electron chi connectivity index (χ1n) is 21.0. The van der Waals surface area contributed by atoms with E-state index in [9.17, 15) is 24.0 Å². The van der Waals surface area contributed by atoms with Crippen LogP contribution < -0.4 is 10.6 Å². The lowest BCUT2D eigenvalue weighted by Crippen LogP contribution is -2.71. The highest BCUT2D eigenvalue weighted by Crippen LogP contribution is 2.46. The van der Waals surface area contributed by atoms with Gasteiger partial charge in [0.2, 0.25) is 11.5 Å². The lowest BCUT2D eigenvalue weighted by Gasteiger charge is -2.49. The van der Waals surface area contributed by atoms with Crippen molar-refractivity contribution in [3.05, 3.63) is 219 Å². The van der Waals surface area contributed by atoms with Gasteiger partial charge in [-0.25, -0.2) is 9.78 Å². The molecule has 2 aliphatic heterocycles. The fourth-order valence-electron chi connectivity index (χ4n) is 8.20. The number of halogens is 1. The molecule has 14 nitrogen and oxygen atoms in total. The molecule has 3 amide bonds. The van der Waals surface area contributed by atoms with Crippen LogP contribution in [-0.2, 0) is 44.8 Å². The number of rotatable bonds is 18. The standard InChI is InChI=1S/C50H38FN7O7S3/c51-44-39(55-49(68-44)52-30-59)40(56-64-31-60)45(61)54-41-46(62)58-42(48(63)65-43(33-16-6-1-7-17-33)34-18-8-2-9-19-34)38(29-67-47(41)58)66-28-32-26-53-57(27-32)50(35-20-10-3-11-21-35,36-22-12-4-13-23-36)37-24-14-5-15-25-37/h1-27,30-31,41,43,47H,28-29H2,(H,54,61)(H,52,55,59)/t41-,47+/m1/s1. The van der Waals surface area contributed by atoms with Crippen LogP contribution in [0.25, 0.3) is 0 Å². The molecule has 0 unspecified atom stereocenters. The van der Waals surface area contributed by atoms with Gasteiger partial charge in [0.1, 0.15) is 28.3 Å². The monoisotopic (exact) mass is 963 g/mol. The number of fused-ring (bicyclic) bond motifs is 1. The van der Waals surface area contributed by atoms with Crippen LogP contribution in [-0.4, -0.2) is 73.2 Å². The molecule has 0 spiro atoms. The number of amides is 3. The molecule has 2 aromatic heterocycles. The summed E-state index contributed by atoms with van der Waals surface area (Å²) < 4.78 is 23.4. The van der Waals surface area contributed by atoms with Gasteiger partial charge in [-0.15, -0.1) is 23.5 Å². The fraction of sp³-hybridized carbons (Fsp3) is 0.120. The Hall–Kier alpha value is -7.67. The predicted octanol–water partition coefficient (Wildman–Crippen LogP) is 7.64. The van der Waals surface area contributed by atoms with Gasteiger partial charge >= 0.3 is 12.4 Å². The quantitative estimate of drug-likeness (QED) is 0.0165. The number of thioether (sulfide) groups is 2. The molecule has 2 N–H and O–H groups in total. The van der Waals surface area contributed by atoms with Crippen LogP contribution in [0.15, 0.2) is 180 Å². The predicted molar refractivity (Wildman–Crippen MR) is 256 cm³/mol. The molecule has 4 heterocycles. The first-order chi connectivity index (χ1) is 33.3. The first kappa shape index (κ1) is 45.5. The van der Waals surface area contributed by atoms with E-state index in [0.29, 0.717) is 33.1 Å². The topological polar surface area (TPSA) is 174 Å². The van der Waals surface area contributed by atoms with E-state index in [1.54, 1.807) is 6.20 Å². The number of hydrogen-bond acceptors (Lipinski definition) is 13. The Labute approximate surface area is 401 Å². The van der Waals surface area contributed by atoms with Crippen molar-refractivity contribution in [3.8, 4) is 0 Å². The Bertz CT molecular complexity index is 2880. The van der Waals surface area contributed by atoms with Crippen molar-refractivity contribution in [2.24, 2.45) is 5.16 Å². The molecule has 2 atom stereocenters. The van der Waals surface area contributed by atoms with E-state index in [0.717, 1.165) is 22.3 Å². The minimum absolute atomic E-state index is 0.0130. The second-order valence-corrected chi connectivity index (χ2v) is 18.3. The zero-order chi connectivity index (χ0) is 47.0. The summed E-state index contributed by atoms with van der Waals surface area (Å²) in [6.07, 6.45) is 3.22. The van der Waals surface area contributed by atoms with E-state index in [2.05, 4.69) is 62.0 Å². The largest absolute Gasteiger partial charge is 0.448 e. The van der Waals surface area contributed by atoms with Crippen LogP contribution in [0, 0.1) is 5.13 Å². The number of oxime groups is 1. The summed E-state index contributed by atoms with van der Waals surface area (Å²) in [5.41, 5.74) is 3.03. The number of aromatic nitrogens is 3. The van der Waals surface area contributed by atoms with E-state index >= 15 is 4.39 Å². The molecule has 340 valence electrons. The maximum atomic E-state index is 15.0. The van der Waals surface area contributed by atoms with E-state index in [1.165, 1.54) is 28.4 Å². The van der Waals surface area contributed by atoms with Crippen molar-refractivity contribution in [2.75, 3.05) is 11.1 Å². The molecule has 2 aliphatic rings. The van der Waals surface area contributed by atoms with E-state index in [4.69, 9.17) is 9.84 Å². The number of anilines is 1. The first-order valence-corrected chi connectivity index (χ1v) is 23.8. The molecule has 0 saturated carbocycles. The van der Waals surface area contributed by atoms with Gasteiger partial charge in [0.15, 0.2) is 16.9 Å². The Morgan fingerprint density at radius 2 is 1.41 bits per heavy atom. The highest BCUT2D eigenvalue weighted by Gasteiger charge is 2.55. The average Bonchev–Trinajstić information content (AvgIpc) is 4.01. The zero-order valence-corrected chi connectivity index (χ0v) is 38.0. The molecular weight excluding hydrogens is 926 g/mol. The van der Waals surface area contributed by atoms with Crippen molar-refractivity contribution < 1.29 is 37.9 Å². The van der Waals surface area contributed by atoms with Crippen molar-refractivity contribution in [1.29, 1.82) is 0 Å². The maximum Gasteiger partial charge on any atom is 0.356 e. The number of esters is 1. The number of carbonyl (C=O) groups excluding carboxylic acids is 5. The van der Waals surface area contributed by atoms with Crippen LogP contribution in [0.3, 0.4) is 0 Å². The Morgan fingerprint density at radius 1 is 0.853 bits per heavy atom. The number of benzene rings is 5. The van der Waals surface area contributed by atoms with Crippen LogP contribution >= 0.6 is 34.9 Å². The number of β-lactam (4-membered cyclic amide) rings is 1. The summed E-state index contributed by atoms with van der Waals surface area (Å²) in [5.74, 6) is -1.92. The van der Waals surface area contributed by atoms with Crippen LogP contribution in [0.2, 0.25) is 0 Å². The third-order valence-corrected chi connectivity index (χ3v) is 14.6. The summed E-state index contributed by atoms with van der Waals surface area (Å²) in [5, 5.41) is 11.2. The van der Waals surface area contributed by atoms with Gasteiger partial charge in [-0.1, -0.05) is 168 Å². The maximum absolute atomic E-state index is 15.0. The number of ether oxygens (including phenoxy) is 1. The molecular formula is C50H38FN7O7S3. The zero-order valence-electron chi connectivity index (χ0n) is 35.6. The van der Waals surface area contributed by atoms with E-state index < -0.39 is 57.4 Å². The molecule has 7 aromatic rings. The number of thiazole rings is 1. The Morgan fingerprint density at radius 3 is 1.96 bits per heavy atom. The van der Waals surface area contributed by atoms with E-state index in [1.807, 2.05) is 126 Å². The fourth-order valence-corrected chi connectivity index (χ4v) is 11.4. The number of nitrogens with one attached hydrogen (secondary N) is 2. The van der Waals surface area contributed by atoms with Gasteiger partial charge < -0.3 is 20.2 Å². The average molecular weight is 964 g/mol. The number of carbonyl (C=O) groups is 5. The van der Waals surface area contributed by atoms with Gasteiger partial charge in [0, 0.05) is 28.2 Å². The molecule has 68 heavy (non-hydrogen) atoms. The van der Waals surface area contributed by atoms with Crippen LogP contribution in [0.1, 0.15) is 45.2 Å². The second-order valence-electron chi connectivity index (χ2n) is 15.2. The summed E-state index contributed by atoms with van der Waals surface area (Å²) in [4.78, 5) is 75.1. The summed E-state index contributed by atoms with van der Waals surface area (Å²) in [6, 6.07) is 47.7. The number of hydrogen-bond donors (Lipinski definition) is 2. The number of nitrogens with zero attached hydrogens (tertiary/aromatic N) is 5. The molecule has 0 bridgehead atoms. The molecule has 1 saturated heterocycles. The highest BCUT2D eigenvalue weighted by molar-refractivity contribution is 8.05. The second kappa shape index (κ2) is 20.5. The Balaban J connectivity index is 1.05. The van der Waals surface area contributed by atoms with Gasteiger partial charge in [-0.2, -0.15) is 9.49 Å². The Kier molecular flexibility index (Phi) is 13.7. The van der Waals surface area contributed by atoms with Crippen LogP contribution in [0.5, 0.6) is 0 Å². The highest BCUT2D eigenvalue weighted by atomic mass is 32.2. The minimum atomic E-state index is -1.23. The van der Waals surface area contributed by atoms with Crippen molar-refractivity contribution in [1.82, 2.24) is 25.0 Å². The normalized spacial score (nSPS) is 15.8. The molecule has 5 aromatic carbocycles. The minimum Gasteiger partial charge on any atom is -0.448 e. The van der Waals surface area contributed by atoms with Crippen molar-refractivity contribution >= 4 is 76.4 Å². The van der Waals surface area contributed by atoms with Crippen molar-refractivity contribution in [2.45, 2.75) is 28.8 Å². The molecule has 1 fully saturated rings. The smallest absolute Gasteiger partial charge is 0.356 e. The summed E-state index contributed by atoms with van der Waals surface area (Å²) >= 11 is 3.08. The van der Waals surface area contributed by atoms with Crippen molar-refractivity contribution in [3.63, 3.8) is 0 Å². The van der Waals surface area contributed by atoms with Gasteiger partial charge in [0.25, 0.3) is 11.8 Å². The van der Waals surface area contributed by atoms with Gasteiger partial charge in [-0.3, -0.25) is 28.8 Å². The SMILES string of the molecule is O=CNc1nc(C(=NOC=O)C(=O)N[C@@H]2C(=O)N3C(C(=O)OC(c4ccccc4)c4ccccc4)=C(SCc4cnn(C(c5ccccc5)(c5ccccc5)c5ccccc5)c4)CS[C@@H]23)c(F)s1. The third-order valence-electron chi connectivity index (χ3n) is 11.2. The molecule has 0 radical (unpaired) electrons. The van der Waals surface area contributed by atoms with Crippen LogP contribution in [0.4, 0.5) is 9.52 Å². The van der Waals surface area contributed by atoms with E-state index in [-0.39, 0.29) is 29.5 Å².